The molecule has 4 aliphatic carbocycles. The average Bonchev–Trinajstić information content (AvgIpc) is 3.44. The van der Waals surface area contributed by atoms with Crippen molar-refractivity contribution in [2.24, 2.45) is 0 Å². The van der Waals surface area contributed by atoms with Crippen LogP contribution in [0.5, 0.6) is 0 Å². The van der Waals surface area contributed by atoms with Gasteiger partial charge in [-0.25, -0.2) is 0 Å². The lowest BCUT2D eigenvalue weighted by molar-refractivity contribution is 0.594. The van der Waals surface area contributed by atoms with Crippen molar-refractivity contribution < 1.29 is 0 Å². The number of rotatable bonds is 3. The summed E-state index contributed by atoms with van der Waals surface area (Å²) < 4.78 is 0. The molecule has 4 fully saturated rings. The molecule has 32 heavy (non-hydrogen) atoms. The van der Waals surface area contributed by atoms with Gasteiger partial charge in [0.05, 0.1) is 0 Å². The molecule has 0 amide bonds. The maximum absolute atomic E-state index is 2.40. The van der Waals surface area contributed by atoms with Crippen LogP contribution in [0.2, 0.25) is 0 Å². The van der Waals surface area contributed by atoms with Gasteiger partial charge in [0.2, 0.25) is 0 Å². The van der Waals surface area contributed by atoms with E-state index in [4.69, 9.17) is 0 Å². The standard InChI is InChI=1S/C32H32/c1-21-9-7-15-29(27-19-17-23-11-3-5-13-25(23)27)31(21)32-22(2)10-8-16-30(32)28-20-18-24-12-4-6-14-26(24)28/h7-10,15-20H,3-6,11-14H2,1-2H3. The Balaban J connectivity index is 1.46. The van der Waals surface area contributed by atoms with Crippen LogP contribution in [0.1, 0.15) is 73.6 Å². The van der Waals surface area contributed by atoms with Gasteiger partial charge < -0.3 is 0 Å². The maximum atomic E-state index is 2.40. The molecule has 0 bridgehead atoms. The van der Waals surface area contributed by atoms with Crippen LogP contribution in [0.15, 0.2) is 36.4 Å². The highest BCUT2D eigenvalue weighted by Gasteiger charge is 2.43. The predicted octanol–water partition coefficient (Wildman–Crippen LogP) is 8.11. The molecule has 160 valence electrons. The smallest absolute Gasteiger partial charge is 0.0167 e. The van der Waals surface area contributed by atoms with Crippen LogP contribution in [0.3, 0.4) is 0 Å². The molecule has 6 rings (SSSR count). The maximum Gasteiger partial charge on any atom is 0.0167 e. The molecule has 0 saturated heterocycles. The Morgan fingerprint density at radius 3 is 1.41 bits per heavy atom. The van der Waals surface area contributed by atoms with E-state index in [1.54, 1.807) is 23.7 Å². The molecule has 2 aromatic rings. The Hall–Kier alpha value is -1.56. The number of fused-ring (bicyclic) bond motifs is 2. The van der Waals surface area contributed by atoms with Crippen molar-refractivity contribution in [3.8, 4) is 11.1 Å². The number of benzene rings is 2. The Morgan fingerprint density at radius 2 is 0.938 bits per heavy atom. The Bertz CT molecular complexity index is 888. The summed E-state index contributed by atoms with van der Waals surface area (Å²) in [6.45, 7) is 4.59. The van der Waals surface area contributed by atoms with Crippen LogP contribution >= 0.6 is 0 Å². The van der Waals surface area contributed by atoms with E-state index >= 15 is 0 Å². The first-order valence-electron chi connectivity index (χ1n) is 12.5. The second kappa shape index (κ2) is 8.66. The SMILES string of the molecule is Cc1cccc([C]2[CH][CH][C]3CCCC[C]32)c1-c1c(C)cccc1[C]1[CH][CH][C]2CCCC[C]21. The second-order valence-electron chi connectivity index (χ2n) is 9.91. The lowest BCUT2D eigenvalue weighted by Gasteiger charge is -2.32. The summed E-state index contributed by atoms with van der Waals surface area (Å²) >= 11 is 0. The van der Waals surface area contributed by atoms with E-state index in [1.807, 2.05) is 0 Å². The summed E-state index contributed by atoms with van der Waals surface area (Å²) in [5.41, 5.74) is 8.47. The van der Waals surface area contributed by atoms with Gasteiger partial charge in [0.15, 0.2) is 0 Å². The van der Waals surface area contributed by atoms with Gasteiger partial charge in [-0.3, -0.25) is 0 Å². The van der Waals surface area contributed by atoms with E-state index in [0.717, 1.165) is 0 Å². The van der Waals surface area contributed by atoms with E-state index in [0.29, 0.717) is 0 Å². The summed E-state index contributed by atoms with van der Waals surface area (Å²) in [4.78, 5) is 0. The van der Waals surface area contributed by atoms with Crippen LogP contribution < -0.4 is 0 Å². The van der Waals surface area contributed by atoms with Gasteiger partial charge in [-0.15, -0.1) is 0 Å². The Morgan fingerprint density at radius 1 is 0.500 bits per heavy atom. The molecule has 0 heterocycles. The Kier molecular flexibility index (Phi) is 5.68. The van der Waals surface area contributed by atoms with Crippen molar-refractivity contribution in [2.75, 3.05) is 0 Å². The third kappa shape index (κ3) is 3.48. The highest BCUT2D eigenvalue weighted by atomic mass is 14.5. The third-order valence-electron chi connectivity index (χ3n) is 7.95. The molecule has 10 radical (unpaired) electrons. The second-order valence-corrected chi connectivity index (χ2v) is 9.91. The van der Waals surface area contributed by atoms with Gasteiger partial charge in [-0.05, 0) is 122 Å². The first-order chi connectivity index (χ1) is 15.7. The highest BCUT2D eigenvalue weighted by Crippen LogP contribution is 2.56. The molecular weight excluding hydrogens is 384 g/mol. The zero-order valence-corrected chi connectivity index (χ0v) is 19.4. The van der Waals surface area contributed by atoms with E-state index in [2.05, 4.69) is 75.9 Å². The molecule has 0 unspecified atom stereocenters. The topological polar surface area (TPSA) is 0 Å². The summed E-state index contributed by atoms with van der Waals surface area (Å²) in [7, 11) is 0. The van der Waals surface area contributed by atoms with Crippen molar-refractivity contribution in [3.63, 3.8) is 0 Å². The van der Waals surface area contributed by atoms with Crippen molar-refractivity contribution in [2.45, 2.75) is 65.2 Å². The minimum atomic E-state index is 1.22. The van der Waals surface area contributed by atoms with E-state index in [1.165, 1.54) is 96.6 Å². The summed E-state index contributed by atoms with van der Waals surface area (Å²) in [6, 6.07) is 13.8. The average molecular weight is 417 g/mol. The van der Waals surface area contributed by atoms with Gasteiger partial charge in [0, 0.05) is 11.8 Å². The van der Waals surface area contributed by atoms with Gasteiger partial charge >= 0.3 is 0 Å². The molecule has 0 heteroatoms. The van der Waals surface area contributed by atoms with Gasteiger partial charge in [0.1, 0.15) is 0 Å². The van der Waals surface area contributed by atoms with Gasteiger partial charge in [0.25, 0.3) is 0 Å². The summed E-state index contributed by atoms with van der Waals surface area (Å²) in [6.07, 6.45) is 19.8. The van der Waals surface area contributed by atoms with Crippen molar-refractivity contribution in [1.82, 2.24) is 0 Å². The zero-order chi connectivity index (χ0) is 21.7. The van der Waals surface area contributed by atoms with Crippen LogP contribution in [0, 0.1) is 75.0 Å². The first kappa shape index (κ1) is 21.0. The van der Waals surface area contributed by atoms with E-state index in [9.17, 15) is 0 Å². The quantitative estimate of drug-likeness (QED) is 0.474. The lowest BCUT2D eigenvalue weighted by Crippen LogP contribution is -2.17. The first-order valence-corrected chi connectivity index (χ1v) is 12.5. The normalized spacial score (nSPS) is 24.2. The fraction of sp³-hybridized carbons (Fsp3) is 0.312. The van der Waals surface area contributed by atoms with E-state index < -0.39 is 0 Å². The van der Waals surface area contributed by atoms with E-state index in [-0.39, 0.29) is 0 Å². The largest absolute Gasteiger partial charge is 0.0617 e. The molecule has 2 aromatic carbocycles. The number of hydrogen-bond donors (Lipinski definition) is 0. The fourth-order valence-corrected chi connectivity index (χ4v) is 6.36. The van der Waals surface area contributed by atoms with Crippen molar-refractivity contribution >= 4 is 0 Å². The molecule has 4 aliphatic rings. The predicted molar refractivity (Wildman–Crippen MR) is 133 cm³/mol. The highest BCUT2D eigenvalue weighted by molar-refractivity contribution is 5.84. The van der Waals surface area contributed by atoms with Crippen LogP contribution in [-0.2, 0) is 0 Å². The van der Waals surface area contributed by atoms with Crippen LogP contribution in [-0.4, -0.2) is 0 Å². The Labute approximate surface area is 196 Å². The summed E-state index contributed by atoms with van der Waals surface area (Å²) in [5, 5.41) is 0. The number of aryl methyl sites for hydroxylation is 2. The fourth-order valence-electron chi connectivity index (χ4n) is 6.36. The van der Waals surface area contributed by atoms with Crippen molar-refractivity contribution in [1.29, 1.82) is 0 Å². The zero-order valence-electron chi connectivity index (χ0n) is 19.4. The minimum Gasteiger partial charge on any atom is -0.0617 e. The minimum absolute atomic E-state index is 1.22. The monoisotopic (exact) mass is 416 g/mol. The molecule has 0 aromatic heterocycles. The number of hydrogen-bond acceptors (Lipinski definition) is 0. The molecule has 0 N–H and O–H groups in total. The third-order valence-corrected chi connectivity index (χ3v) is 7.95. The lowest BCUT2D eigenvalue weighted by atomic mass is 9.71. The molecule has 4 saturated carbocycles. The van der Waals surface area contributed by atoms with Crippen LogP contribution in [0.4, 0.5) is 0 Å². The van der Waals surface area contributed by atoms with Gasteiger partial charge in [-0.1, -0.05) is 62.1 Å². The van der Waals surface area contributed by atoms with Crippen LogP contribution in [0.25, 0.3) is 11.1 Å². The molecule has 0 aliphatic heterocycles. The molecule has 0 atom stereocenters. The molecule has 0 spiro atoms. The van der Waals surface area contributed by atoms with Gasteiger partial charge in [-0.2, -0.15) is 0 Å². The molecular formula is C32H32. The summed E-state index contributed by atoms with van der Waals surface area (Å²) in [5.74, 6) is 9.30. The molecule has 0 nitrogen and oxygen atoms in total. The van der Waals surface area contributed by atoms with Crippen molar-refractivity contribution in [3.05, 3.63) is 120 Å².